The standard InChI is InChI=1S/C36H26F3N3O3.C30H23FN4O3.C29H24N4O4S/c1-3-33(43)41-32-19-28(14-7-22(32)2)42-34(44)16-13-26-20-40-31-15-12-25(17-30(31)35(26)42)24-10-8-23(9-11-24)21-45-29-6-4-5-27(18-29)36(37,38)39;1-4-27(36)34-26-15-21(9-5-17(26)2)35-28(37)12-8-20-16-33-25-11-7-18(13-23(25)29(20)35)22-10-6-19(14-24(22)31)30(38)32-3;1-4-27(34)31-26-16-23(12-5-18(26)2)33-28(35)14-9-21-17-30-25-13-8-20(15-24(25)29(21)33)19-6-10-22(11-7-19)32-38(3,36)37/h3-20H,1,21H2,2H3,(H,41,43);4-16H,1H2,2-3H3,(H,32,38)(H,34,36);4-17,32H,1H2,2-3H3,(H,31,34). The molecule has 0 saturated heterocycles. The van der Waals surface area contributed by atoms with E-state index in [4.69, 9.17) is 4.74 Å². The van der Waals surface area contributed by atoms with E-state index in [1.165, 1.54) is 61.7 Å². The molecule has 121 heavy (non-hydrogen) atoms. The maximum absolute atomic E-state index is 15.1. The maximum atomic E-state index is 15.1. The first-order valence-electron chi connectivity index (χ1n) is 37.5. The highest BCUT2D eigenvalue weighted by atomic mass is 32.2. The molecule has 0 fully saturated rings. The van der Waals surface area contributed by atoms with Crippen molar-refractivity contribution < 1.29 is 49.9 Å². The Morgan fingerprint density at radius 2 is 0.860 bits per heavy atom. The van der Waals surface area contributed by atoms with Crippen molar-refractivity contribution in [1.82, 2.24) is 34.0 Å². The molecule has 5 N–H and O–H groups in total. The molecule has 0 unspecified atom stereocenters. The molecule has 0 aliphatic rings. The van der Waals surface area contributed by atoms with Gasteiger partial charge in [0, 0.05) is 110 Å². The van der Waals surface area contributed by atoms with Gasteiger partial charge in [-0.2, -0.15) is 13.2 Å². The highest BCUT2D eigenvalue weighted by Gasteiger charge is 2.31. The molecule has 26 heteroatoms. The van der Waals surface area contributed by atoms with Crippen molar-refractivity contribution in [2.45, 2.75) is 33.6 Å². The van der Waals surface area contributed by atoms with Gasteiger partial charge in [-0.3, -0.25) is 66.9 Å². The van der Waals surface area contributed by atoms with E-state index < -0.39 is 27.6 Å². The third-order valence-corrected chi connectivity index (χ3v) is 20.7. The summed E-state index contributed by atoms with van der Waals surface area (Å²) in [6, 6.07) is 66.4. The minimum Gasteiger partial charge on any atom is -0.489 e. The Morgan fingerprint density at radius 1 is 0.463 bits per heavy atom. The number of hydrogen-bond donors (Lipinski definition) is 5. The highest BCUT2D eigenvalue weighted by molar-refractivity contribution is 7.92. The van der Waals surface area contributed by atoms with E-state index in [0.29, 0.717) is 94.8 Å². The largest absolute Gasteiger partial charge is 0.489 e. The number of alkyl halides is 3. The van der Waals surface area contributed by atoms with Crippen LogP contribution in [0.4, 0.5) is 40.3 Å². The average Bonchev–Trinajstić information content (AvgIpc) is 0.760. The van der Waals surface area contributed by atoms with Gasteiger partial charge >= 0.3 is 6.18 Å². The van der Waals surface area contributed by atoms with Crippen molar-refractivity contribution in [3.05, 3.63) is 363 Å². The van der Waals surface area contributed by atoms with E-state index in [0.717, 1.165) is 84.4 Å². The fourth-order valence-corrected chi connectivity index (χ4v) is 14.5. The van der Waals surface area contributed by atoms with Crippen molar-refractivity contribution in [3.8, 4) is 56.2 Å². The van der Waals surface area contributed by atoms with Gasteiger partial charge < -0.3 is 26.0 Å². The summed E-state index contributed by atoms with van der Waals surface area (Å²) in [5.41, 5.74) is 14.3. The minimum absolute atomic E-state index is 0.103. The Morgan fingerprint density at radius 3 is 1.25 bits per heavy atom. The van der Waals surface area contributed by atoms with Crippen LogP contribution in [0.1, 0.15) is 38.2 Å². The molecular formula is C95H73F4N11O10S. The number of pyridine rings is 6. The van der Waals surface area contributed by atoms with Crippen LogP contribution in [0.2, 0.25) is 0 Å². The fraction of sp³-hybridized carbons (Fsp3) is 0.0737. The normalized spacial score (nSPS) is 11.3. The Balaban J connectivity index is 0.000000149. The Hall–Kier alpha value is -15.6. The summed E-state index contributed by atoms with van der Waals surface area (Å²) in [4.78, 5) is 101. The molecule has 4 amide bonds. The van der Waals surface area contributed by atoms with Gasteiger partial charge in [-0.15, -0.1) is 0 Å². The predicted molar refractivity (Wildman–Crippen MR) is 469 cm³/mol. The Kier molecular flexibility index (Phi) is 23.2. The van der Waals surface area contributed by atoms with E-state index in [1.807, 2.05) is 124 Å². The van der Waals surface area contributed by atoms with Crippen LogP contribution in [0, 0.1) is 26.6 Å². The fourth-order valence-electron chi connectivity index (χ4n) is 13.9. The molecule has 10 aromatic carbocycles. The van der Waals surface area contributed by atoms with Crippen LogP contribution in [0.15, 0.2) is 308 Å². The molecule has 0 saturated carbocycles. The topological polar surface area (TPSA) is 276 Å². The predicted octanol–water partition coefficient (Wildman–Crippen LogP) is 18.4. The summed E-state index contributed by atoms with van der Waals surface area (Å²) in [6.45, 7) is 16.2. The Bertz CT molecular complexity index is 7270. The number of benzene rings is 10. The lowest BCUT2D eigenvalue weighted by Gasteiger charge is -2.15. The van der Waals surface area contributed by atoms with Gasteiger partial charge in [0.05, 0.1) is 62.0 Å². The molecular weight excluding hydrogens is 1560 g/mol. The van der Waals surface area contributed by atoms with Crippen LogP contribution in [-0.4, -0.2) is 74.0 Å². The second kappa shape index (κ2) is 34.3. The molecule has 0 bridgehead atoms. The van der Waals surface area contributed by atoms with Gasteiger partial charge in [0.2, 0.25) is 27.7 Å². The lowest BCUT2D eigenvalue weighted by atomic mass is 10.00. The van der Waals surface area contributed by atoms with Gasteiger partial charge in [0.25, 0.3) is 22.6 Å². The molecule has 0 spiro atoms. The van der Waals surface area contributed by atoms with E-state index in [9.17, 15) is 55.2 Å². The quantitative estimate of drug-likeness (QED) is 0.0304. The number of nitrogens with one attached hydrogen (secondary N) is 5. The van der Waals surface area contributed by atoms with E-state index in [1.54, 1.807) is 117 Å². The molecule has 6 heterocycles. The second-order valence-electron chi connectivity index (χ2n) is 28.2. The van der Waals surface area contributed by atoms with Crippen LogP contribution < -0.4 is 47.4 Å². The maximum Gasteiger partial charge on any atom is 0.416 e. The first-order valence-corrected chi connectivity index (χ1v) is 39.4. The summed E-state index contributed by atoms with van der Waals surface area (Å²) in [6.07, 6.45) is 5.36. The molecule has 0 radical (unpaired) electrons. The number of halogens is 4. The van der Waals surface area contributed by atoms with Crippen molar-refractivity contribution in [1.29, 1.82) is 0 Å². The monoisotopic (exact) mass is 1640 g/mol. The summed E-state index contributed by atoms with van der Waals surface area (Å²) < 4.78 is 90.1. The number of ether oxygens (including phenoxy) is 1. The number of anilines is 4. The van der Waals surface area contributed by atoms with Gasteiger partial charge in [-0.25, -0.2) is 12.8 Å². The molecule has 16 rings (SSSR count). The van der Waals surface area contributed by atoms with Crippen LogP contribution in [0.5, 0.6) is 5.75 Å². The molecule has 21 nitrogen and oxygen atoms in total. The molecule has 0 aliphatic heterocycles. The van der Waals surface area contributed by atoms with Crippen molar-refractivity contribution >= 4 is 122 Å². The lowest BCUT2D eigenvalue weighted by Crippen LogP contribution is -2.18. The van der Waals surface area contributed by atoms with Crippen molar-refractivity contribution in [3.63, 3.8) is 0 Å². The number of aryl methyl sites for hydroxylation is 3. The number of hydrogen-bond acceptors (Lipinski definition) is 13. The summed E-state index contributed by atoms with van der Waals surface area (Å²) in [7, 11) is -1.89. The van der Waals surface area contributed by atoms with Gasteiger partial charge in [-0.05, 0) is 223 Å². The van der Waals surface area contributed by atoms with Crippen molar-refractivity contribution in [2.75, 3.05) is 34.0 Å². The first kappa shape index (κ1) is 82.0. The average molecular weight is 1640 g/mol. The smallest absolute Gasteiger partial charge is 0.416 e. The number of amides is 4. The van der Waals surface area contributed by atoms with Crippen LogP contribution in [0.25, 0.3) is 116 Å². The number of aromatic nitrogens is 6. The number of nitrogens with zero attached hydrogens (tertiary/aromatic N) is 6. The van der Waals surface area contributed by atoms with Crippen LogP contribution >= 0.6 is 0 Å². The summed E-state index contributed by atoms with van der Waals surface area (Å²) in [5, 5.41) is 15.3. The van der Waals surface area contributed by atoms with Gasteiger partial charge in [-0.1, -0.05) is 105 Å². The van der Waals surface area contributed by atoms with E-state index in [2.05, 4.69) is 60.7 Å². The van der Waals surface area contributed by atoms with Gasteiger partial charge in [0.15, 0.2) is 0 Å². The molecule has 0 atom stereocenters. The number of sulfonamides is 1. The SMILES string of the molecule is C=CC(=O)Nc1cc(-n2c(=O)ccc3cnc4ccc(-c5ccc(C(=O)NC)cc5F)cc4c32)ccc1C.C=CC(=O)Nc1cc(-n2c(=O)ccc3cnc4ccc(-c5ccc(COc6cccc(C(F)(F)F)c6)cc5)cc4c32)ccc1C.C=CC(=O)Nc1cc(-n2c(=O)ccc3cnc4ccc(-c5ccc(NS(C)(=O)=O)cc5)cc4c32)ccc1C. The summed E-state index contributed by atoms with van der Waals surface area (Å²) in [5.74, 6) is -1.84. The number of rotatable bonds is 18. The Labute approximate surface area is 689 Å². The van der Waals surface area contributed by atoms with Crippen LogP contribution in [-0.2, 0) is 37.2 Å². The summed E-state index contributed by atoms with van der Waals surface area (Å²) >= 11 is 0. The zero-order valence-corrected chi connectivity index (χ0v) is 66.3. The molecule has 0 aliphatic carbocycles. The molecule has 16 aromatic rings. The molecule has 6 aromatic heterocycles. The third kappa shape index (κ3) is 17.9. The van der Waals surface area contributed by atoms with E-state index >= 15 is 4.39 Å². The van der Waals surface area contributed by atoms with Crippen LogP contribution in [0.3, 0.4) is 0 Å². The molecule has 602 valence electrons. The first-order chi connectivity index (χ1) is 58.0. The third-order valence-electron chi connectivity index (χ3n) is 20.1. The number of carbonyl (C=O) groups excluding carboxylic acids is 4. The number of carbonyl (C=O) groups is 4. The van der Waals surface area contributed by atoms with E-state index in [-0.39, 0.29) is 58.2 Å². The number of fused-ring (bicyclic) bond motifs is 9. The van der Waals surface area contributed by atoms with Gasteiger partial charge in [0.1, 0.15) is 18.2 Å². The zero-order valence-electron chi connectivity index (χ0n) is 65.5. The lowest BCUT2D eigenvalue weighted by molar-refractivity contribution is -0.137. The van der Waals surface area contributed by atoms with Crippen molar-refractivity contribution in [2.24, 2.45) is 0 Å². The minimum atomic E-state index is -4.44. The second-order valence-corrected chi connectivity index (χ2v) is 30.0. The zero-order chi connectivity index (χ0) is 85.7. The highest BCUT2D eigenvalue weighted by Crippen LogP contribution is 2.38.